The first-order valence-electron chi connectivity index (χ1n) is 8.96. The van der Waals surface area contributed by atoms with E-state index < -0.39 is 46.9 Å². The van der Waals surface area contributed by atoms with Gasteiger partial charge in [0.2, 0.25) is 0 Å². The van der Waals surface area contributed by atoms with Crippen LogP contribution in [0.25, 0.3) is 10.9 Å². The van der Waals surface area contributed by atoms with Crippen molar-refractivity contribution < 1.29 is 47.3 Å². The van der Waals surface area contributed by atoms with Crippen molar-refractivity contribution in [2.24, 2.45) is 5.16 Å². The summed E-state index contributed by atoms with van der Waals surface area (Å²) in [6.45, 7) is -0.638. The van der Waals surface area contributed by atoms with Gasteiger partial charge in [0, 0.05) is 18.0 Å². The number of aliphatic hydroxyl groups excluding tert-OH is 4. The van der Waals surface area contributed by atoms with Crippen LogP contribution >= 0.6 is 11.8 Å². The molecular formula is C17H21N2O10S2-. The van der Waals surface area contributed by atoms with Crippen molar-refractivity contribution in [2.45, 2.75) is 36.3 Å². The number of aromatic nitrogens is 1. The first-order valence-corrected chi connectivity index (χ1v) is 11.2. The molecular weight excluding hydrogens is 456 g/mol. The van der Waals surface area contributed by atoms with Crippen LogP contribution in [0, 0.1) is 0 Å². The molecule has 0 radical (unpaired) electrons. The van der Waals surface area contributed by atoms with Crippen LogP contribution in [-0.2, 0) is 25.8 Å². The van der Waals surface area contributed by atoms with Crippen LogP contribution in [0.15, 0.2) is 35.6 Å². The second kappa shape index (κ2) is 9.70. The lowest BCUT2D eigenvalue weighted by Gasteiger charge is -2.39. The molecule has 1 aromatic heterocycles. The molecule has 12 nitrogen and oxygen atoms in total. The summed E-state index contributed by atoms with van der Waals surface area (Å²) < 4.78 is 43.6. The van der Waals surface area contributed by atoms with E-state index in [4.69, 9.17) is 9.57 Å². The summed E-state index contributed by atoms with van der Waals surface area (Å²) in [4.78, 5) is 5.26. The third kappa shape index (κ3) is 5.48. The lowest BCUT2D eigenvalue weighted by atomic mass is 10.0. The van der Waals surface area contributed by atoms with Gasteiger partial charge in [-0.15, -0.1) is 0 Å². The fourth-order valence-electron chi connectivity index (χ4n) is 3.15. The van der Waals surface area contributed by atoms with Gasteiger partial charge in [0.15, 0.2) is 0 Å². The molecule has 4 N–H and O–H groups in total. The summed E-state index contributed by atoms with van der Waals surface area (Å²) in [7, 11) is -3.70. The van der Waals surface area contributed by atoms with Crippen molar-refractivity contribution in [3.63, 3.8) is 0 Å². The summed E-state index contributed by atoms with van der Waals surface area (Å²) in [6, 6.07) is 7.17. The molecule has 1 saturated heterocycles. The standard InChI is InChI=1S/C17H22N2O10S2/c1-27-19-7-9(10-4-2-3-5-11(10)19)6-13(18-29-31(24,25)26)30-17-16(23)15(22)14(21)12(8-20)28-17/h2-5,7,12,14-17,20-23H,6,8H2,1H3,(H,24,25,26)/p-1. The van der Waals surface area contributed by atoms with Crippen molar-refractivity contribution in [3.8, 4) is 0 Å². The Balaban J connectivity index is 1.91. The van der Waals surface area contributed by atoms with Crippen molar-refractivity contribution in [1.82, 2.24) is 4.73 Å². The molecule has 0 spiro atoms. The first-order chi connectivity index (χ1) is 14.6. The minimum atomic E-state index is -5.16. The monoisotopic (exact) mass is 477 g/mol. The van der Waals surface area contributed by atoms with Gasteiger partial charge in [0.1, 0.15) is 42.0 Å². The smallest absolute Gasteiger partial charge is 0.284 e. The molecule has 0 aliphatic carbocycles. The van der Waals surface area contributed by atoms with Crippen LogP contribution in [0.5, 0.6) is 0 Å². The van der Waals surface area contributed by atoms with Crippen LogP contribution in [0.3, 0.4) is 0 Å². The molecule has 1 fully saturated rings. The number of hydrogen-bond acceptors (Lipinski definition) is 12. The molecule has 31 heavy (non-hydrogen) atoms. The Morgan fingerprint density at radius 2 is 1.97 bits per heavy atom. The van der Waals surface area contributed by atoms with Gasteiger partial charge in [-0.25, -0.2) is 0 Å². The Labute approximate surface area is 181 Å². The molecule has 5 atom stereocenters. The number of para-hydroxylation sites is 1. The number of oxime groups is 1. The van der Waals surface area contributed by atoms with Gasteiger partial charge in [0.25, 0.3) is 10.4 Å². The Bertz CT molecular complexity index is 1040. The zero-order valence-corrected chi connectivity index (χ0v) is 17.8. The van der Waals surface area contributed by atoms with Crippen molar-refractivity contribution >= 4 is 38.1 Å². The van der Waals surface area contributed by atoms with E-state index in [2.05, 4.69) is 9.44 Å². The fourth-order valence-corrected chi connectivity index (χ4v) is 4.47. The second-order valence-corrected chi connectivity index (χ2v) is 8.78. The fraction of sp³-hybridized carbons (Fsp3) is 0.471. The molecule has 0 saturated carbocycles. The van der Waals surface area contributed by atoms with Crippen LogP contribution in [0.1, 0.15) is 5.56 Å². The maximum atomic E-state index is 10.9. The number of benzene rings is 1. The molecule has 2 heterocycles. The average Bonchev–Trinajstić information content (AvgIpc) is 3.09. The number of hydrogen-bond donors (Lipinski definition) is 4. The van der Waals surface area contributed by atoms with Crippen molar-refractivity contribution in [3.05, 3.63) is 36.0 Å². The van der Waals surface area contributed by atoms with E-state index in [0.29, 0.717) is 17.3 Å². The van der Waals surface area contributed by atoms with E-state index in [9.17, 15) is 33.4 Å². The summed E-state index contributed by atoms with van der Waals surface area (Å²) in [5.74, 6) is 0. The maximum absolute atomic E-state index is 10.9. The Hall–Kier alpha value is -1.91. The van der Waals surface area contributed by atoms with E-state index >= 15 is 0 Å². The Morgan fingerprint density at radius 1 is 1.26 bits per heavy atom. The third-order valence-corrected chi connectivity index (χ3v) is 6.00. The maximum Gasteiger partial charge on any atom is 0.284 e. The SMILES string of the molecule is COn1cc(CC(=NOS(=O)(=O)[O-])SC2OC(CO)C(O)C(O)C2O)c2ccccc21. The number of aliphatic hydroxyl groups is 4. The van der Waals surface area contributed by atoms with E-state index in [1.54, 1.807) is 30.5 Å². The van der Waals surface area contributed by atoms with Crippen molar-refractivity contribution in [2.75, 3.05) is 13.7 Å². The predicted molar refractivity (Wildman–Crippen MR) is 108 cm³/mol. The minimum Gasteiger partial charge on any atom is -0.714 e. The normalized spacial score (nSPS) is 27.4. The van der Waals surface area contributed by atoms with E-state index in [0.717, 1.165) is 10.9 Å². The summed E-state index contributed by atoms with van der Waals surface area (Å²) in [5.41, 5.74) is 0.0952. The molecule has 1 aromatic carbocycles. The van der Waals surface area contributed by atoms with Gasteiger partial charge in [0.05, 0.1) is 12.1 Å². The predicted octanol–water partition coefficient (Wildman–Crippen LogP) is -1.43. The molecule has 5 unspecified atom stereocenters. The minimum absolute atomic E-state index is 0.0495. The first kappa shape index (κ1) is 23.7. The van der Waals surface area contributed by atoms with Crippen LogP contribution in [-0.4, -0.2) is 86.7 Å². The van der Waals surface area contributed by atoms with Crippen LogP contribution in [0.2, 0.25) is 0 Å². The quantitative estimate of drug-likeness (QED) is 0.120. The highest BCUT2D eigenvalue weighted by atomic mass is 32.3. The molecule has 0 amide bonds. The summed E-state index contributed by atoms with van der Waals surface area (Å²) in [6.07, 6.45) is -4.39. The highest BCUT2D eigenvalue weighted by Crippen LogP contribution is 2.31. The summed E-state index contributed by atoms with van der Waals surface area (Å²) >= 11 is 0.677. The lowest BCUT2D eigenvalue weighted by molar-refractivity contribution is -0.205. The number of nitrogens with zero attached hydrogens (tertiary/aromatic N) is 2. The number of rotatable bonds is 7. The molecule has 2 aromatic rings. The van der Waals surface area contributed by atoms with Gasteiger partial charge >= 0.3 is 0 Å². The number of fused-ring (bicyclic) bond motifs is 1. The second-order valence-electron chi connectivity index (χ2n) is 6.64. The number of thioether (sulfide) groups is 1. The molecule has 172 valence electrons. The Morgan fingerprint density at radius 3 is 2.61 bits per heavy atom. The average molecular weight is 477 g/mol. The van der Waals surface area contributed by atoms with Gasteiger partial charge in [-0.3, -0.25) is 4.28 Å². The Kier molecular flexibility index (Phi) is 7.43. The molecule has 3 rings (SSSR count). The van der Waals surface area contributed by atoms with Crippen molar-refractivity contribution in [1.29, 1.82) is 0 Å². The lowest BCUT2D eigenvalue weighted by Crippen LogP contribution is -2.57. The third-order valence-electron chi connectivity index (χ3n) is 4.63. The molecule has 1 aliphatic rings. The van der Waals surface area contributed by atoms with Gasteiger partial charge < -0.3 is 34.6 Å². The highest BCUT2D eigenvalue weighted by Gasteiger charge is 2.44. The summed E-state index contributed by atoms with van der Waals surface area (Å²) in [5, 5.41) is 43.5. The van der Waals surface area contributed by atoms with E-state index in [1.807, 2.05) is 0 Å². The van der Waals surface area contributed by atoms with Crippen LogP contribution < -0.4 is 4.84 Å². The highest BCUT2D eigenvalue weighted by molar-refractivity contribution is 8.14. The van der Waals surface area contributed by atoms with E-state index in [-0.39, 0.29) is 11.5 Å². The van der Waals surface area contributed by atoms with Gasteiger partial charge in [-0.1, -0.05) is 35.1 Å². The van der Waals surface area contributed by atoms with Crippen LogP contribution in [0.4, 0.5) is 0 Å². The molecule has 14 heteroatoms. The van der Waals surface area contributed by atoms with Gasteiger partial charge in [-0.2, -0.15) is 13.1 Å². The zero-order chi connectivity index (χ0) is 22.8. The van der Waals surface area contributed by atoms with Gasteiger partial charge in [-0.05, 0) is 11.6 Å². The molecule has 1 aliphatic heterocycles. The number of ether oxygens (including phenoxy) is 1. The largest absolute Gasteiger partial charge is 0.714 e. The molecule has 0 bridgehead atoms. The zero-order valence-electron chi connectivity index (χ0n) is 16.1. The topological polar surface area (TPSA) is 183 Å². The van der Waals surface area contributed by atoms with E-state index in [1.165, 1.54) is 11.8 Å².